The van der Waals surface area contributed by atoms with E-state index in [1.807, 2.05) is 0 Å². The maximum atomic E-state index is 11.8. The Morgan fingerprint density at radius 1 is 1.13 bits per heavy atom. The van der Waals surface area contributed by atoms with E-state index in [1.54, 1.807) is 24.3 Å². The summed E-state index contributed by atoms with van der Waals surface area (Å²) in [5.74, 6) is -0.0216. The molecule has 4 heteroatoms. The van der Waals surface area contributed by atoms with Crippen molar-refractivity contribution in [2.45, 2.75) is 0 Å². The molecule has 0 aliphatic heterocycles. The fourth-order valence-electron chi connectivity index (χ4n) is 1.21. The number of hydrogen-bond donors (Lipinski definition) is 0. The van der Waals surface area contributed by atoms with Crippen LogP contribution in [0.5, 0.6) is 0 Å². The second kappa shape index (κ2) is 4.09. The van der Waals surface area contributed by atoms with Gasteiger partial charge in [0.25, 0.3) is 0 Å². The first-order chi connectivity index (χ1) is 7.16. The Morgan fingerprint density at radius 3 is 2.53 bits per heavy atom. The Labute approximate surface area is 96.4 Å². The van der Waals surface area contributed by atoms with Gasteiger partial charge in [0, 0.05) is 10.6 Å². The summed E-state index contributed by atoms with van der Waals surface area (Å²) in [5.41, 5.74) is 0.480. The standard InChI is InChI=1S/C11H6Cl2O2/c12-8-3-1-2-7(6-8)11(14)9-4-5-10(13)15-9/h1-6H. The zero-order valence-electron chi connectivity index (χ0n) is 7.54. The van der Waals surface area contributed by atoms with Crippen LogP contribution in [0, 0.1) is 0 Å². The Hall–Kier alpha value is -1.25. The number of carbonyl (C=O) groups excluding carboxylic acids is 1. The molecule has 2 nitrogen and oxygen atoms in total. The molecule has 0 saturated heterocycles. The molecule has 0 N–H and O–H groups in total. The lowest BCUT2D eigenvalue weighted by molar-refractivity contribution is 0.101. The van der Waals surface area contributed by atoms with Gasteiger partial charge in [-0.25, -0.2) is 0 Å². The number of benzene rings is 1. The molecule has 1 aromatic carbocycles. The van der Waals surface area contributed by atoms with Gasteiger partial charge in [0.05, 0.1) is 0 Å². The number of carbonyl (C=O) groups is 1. The van der Waals surface area contributed by atoms with Crippen molar-refractivity contribution in [3.8, 4) is 0 Å². The normalized spacial score (nSPS) is 10.3. The van der Waals surface area contributed by atoms with Crippen LogP contribution in [-0.2, 0) is 0 Å². The molecule has 76 valence electrons. The fourth-order valence-corrected chi connectivity index (χ4v) is 1.54. The summed E-state index contributed by atoms with van der Waals surface area (Å²) in [7, 11) is 0. The molecule has 0 spiro atoms. The van der Waals surface area contributed by atoms with E-state index in [4.69, 9.17) is 27.6 Å². The molecule has 0 fully saturated rings. The maximum Gasteiger partial charge on any atom is 0.228 e. The molecule has 0 unspecified atom stereocenters. The van der Waals surface area contributed by atoms with Crippen LogP contribution in [0.3, 0.4) is 0 Å². The van der Waals surface area contributed by atoms with Crippen LogP contribution in [0.2, 0.25) is 10.2 Å². The van der Waals surface area contributed by atoms with E-state index in [2.05, 4.69) is 0 Å². The van der Waals surface area contributed by atoms with Crippen molar-refractivity contribution in [1.82, 2.24) is 0 Å². The van der Waals surface area contributed by atoms with Crippen LogP contribution < -0.4 is 0 Å². The van der Waals surface area contributed by atoms with E-state index < -0.39 is 0 Å². The molecule has 15 heavy (non-hydrogen) atoms. The summed E-state index contributed by atoms with van der Waals surface area (Å²) in [4.78, 5) is 11.8. The maximum absolute atomic E-state index is 11.8. The van der Waals surface area contributed by atoms with Crippen molar-refractivity contribution in [2.75, 3.05) is 0 Å². The van der Waals surface area contributed by atoms with Crippen molar-refractivity contribution in [1.29, 1.82) is 0 Å². The van der Waals surface area contributed by atoms with Crippen molar-refractivity contribution >= 4 is 29.0 Å². The third kappa shape index (κ3) is 2.22. The predicted octanol–water partition coefficient (Wildman–Crippen LogP) is 3.82. The van der Waals surface area contributed by atoms with Gasteiger partial charge in [-0.15, -0.1) is 0 Å². The fraction of sp³-hybridized carbons (Fsp3) is 0. The third-order valence-corrected chi connectivity index (χ3v) is 2.32. The lowest BCUT2D eigenvalue weighted by Gasteiger charge is -1.97. The van der Waals surface area contributed by atoms with Crippen LogP contribution in [0.25, 0.3) is 0 Å². The Kier molecular flexibility index (Phi) is 2.80. The molecule has 0 bridgehead atoms. The topological polar surface area (TPSA) is 30.2 Å². The Morgan fingerprint density at radius 2 is 1.93 bits per heavy atom. The number of furan rings is 1. The zero-order chi connectivity index (χ0) is 10.8. The second-order valence-electron chi connectivity index (χ2n) is 2.94. The van der Waals surface area contributed by atoms with Crippen molar-refractivity contribution in [3.05, 3.63) is 58.0 Å². The summed E-state index contributed by atoms with van der Waals surface area (Å²) in [6, 6.07) is 9.73. The molecule has 0 radical (unpaired) electrons. The Balaban J connectivity index is 2.36. The minimum absolute atomic E-state index is 0.195. The summed E-state index contributed by atoms with van der Waals surface area (Å²) >= 11 is 11.4. The van der Waals surface area contributed by atoms with E-state index in [0.717, 1.165) is 0 Å². The highest BCUT2D eigenvalue weighted by molar-refractivity contribution is 6.31. The number of halogens is 2. The van der Waals surface area contributed by atoms with E-state index in [9.17, 15) is 4.79 Å². The molecular weight excluding hydrogens is 235 g/mol. The van der Waals surface area contributed by atoms with E-state index in [1.165, 1.54) is 12.1 Å². The van der Waals surface area contributed by atoms with E-state index in [0.29, 0.717) is 10.6 Å². The van der Waals surface area contributed by atoms with Crippen molar-refractivity contribution in [3.63, 3.8) is 0 Å². The molecular formula is C11H6Cl2O2. The average Bonchev–Trinajstić information content (AvgIpc) is 2.64. The molecule has 1 aromatic heterocycles. The van der Waals surface area contributed by atoms with Gasteiger partial charge in [-0.3, -0.25) is 4.79 Å². The van der Waals surface area contributed by atoms with Crippen LogP contribution in [0.1, 0.15) is 16.1 Å². The van der Waals surface area contributed by atoms with Crippen LogP contribution in [0.15, 0.2) is 40.8 Å². The quantitative estimate of drug-likeness (QED) is 0.748. The summed E-state index contributed by atoms with van der Waals surface area (Å²) in [6.45, 7) is 0. The van der Waals surface area contributed by atoms with Gasteiger partial charge < -0.3 is 4.42 Å². The third-order valence-electron chi connectivity index (χ3n) is 1.88. The molecule has 0 aliphatic rings. The minimum Gasteiger partial charge on any atom is -0.441 e. The largest absolute Gasteiger partial charge is 0.441 e. The highest BCUT2D eigenvalue weighted by Crippen LogP contribution is 2.18. The van der Waals surface area contributed by atoms with Gasteiger partial charge in [-0.2, -0.15) is 0 Å². The van der Waals surface area contributed by atoms with Crippen molar-refractivity contribution in [2.24, 2.45) is 0 Å². The summed E-state index contributed by atoms with van der Waals surface area (Å²) in [5, 5.41) is 0.707. The molecule has 0 aliphatic carbocycles. The first-order valence-corrected chi connectivity index (χ1v) is 4.98. The van der Waals surface area contributed by atoms with Gasteiger partial charge in [0.1, 0.15) is 0 Å². The number of rotatable bonds is 2. The molecule has 0 saturated carbocycles. The van der Waals surface area contributed by atoms with Crippen LogP contribution >= 0.6 is 23.2 Å². The molecule has 1 heterocycles. The zero-order valence-corrected chi connectivity index (χ0v) is 9.05. The number of ketones is 1. The van der Waals surface area contributed by atoms with E-state index >= 15 is 0 Å². The van der Waals surface area contributed by atoms with Gasteiger partial charge in [-0.1, -0.05) is 23.7 Å². The summed E-state index contributed by atoms with van der Waals surface area (Å²) < 4.78 is 5.01. The number of hydrogen-bond acceptors (Lipinski definition) is 2. The molecule has 0 atom stereocenters. The van der Waals surface area contributed by atoms with Gasteiger partial charge in [0.15, 0.2) is 11.0 Å². The lowest BCUT2D eigenvalue weighted by Crippen LogP contribution is -1.98. The van der Waals surface area contributed by atoms with Crippen molar-refractivity contribution < 1.29 is 9.21 Å². The monoisotopic (exact) mass is 240 g/mol. The minimum atomic E-state index is -0.232. The molecule has 2 rings (SSSR count). The Bertz CT molecular complexity index is 503. The van der Waals surface area contributed by atoms with Crippen LogP contribution in [-0.4, -0.2) is 5.78 Å². The van der Waals surface area contributed by atoms with Gasteiger partial charge >= 0.3 is 0 Å². The van der Waals surface area contributed by atoms with E-state index in [-0.39, 0.29) is 16.8 Å². The van der Waals surface area contributed by atoms with Gasteiger partial charge in [-0.05, 0) is 35.9 Å². The smallest absolute Gasteiger partial charge is 0.228 e. The second-order valence-corrected chi connectivity index (χ2v) is 3.75. The lowest BCUT2D eigenvalue weighted by atomic mass is 10.1. The molecule has 2 aromatic rings. The average molecular weight is 241 g/mol. The highest BCUT2D eigenvalue weighted by Gasteiger charge is 2.13. The SMILES string of the molecule is O=C(c1cccc(Cl)c1)c1ccc(Cl)o1. The van der Waals surface area contributed by atoms with Gasteiger partial charge in [0.2, 0.25) is 5.78 Å². The van der Waals surface area contributed by atoms with Crippen LogP contribution in [0.4, 0.5) is 0 Å². The summed E-state index contributed by atoms with van der Waals surface area (Å²) in [6.07, 6.45) is 0. The molecule has 0 amide bonds. The predicted molar refractivity (Wildman–Crippen MR) is 58.6 cm³/mol. The first-order valence-electron chi connectivity index (χ1n) is 4.22. The first kappa shape index (κ1) is 10.3. The highest BCUT2D eigenvalue weighted by atomic mass is 35.5.